The predicted octanol–water partition coefficient (Wildman–Crippen LogP) is 15.0. The van der Waals surface area contributed by atoms with Gasteiger partial charge in [0.25, 0.3) is 0 Å². The summed E-state index contributed by atoms with van der Waals surface area (Å²) in [6.07, 6.45) is 12.4. The molecule has 0 atom stereocenters. The van der Waals surface area contributed by atoms with E-state index in [1.165, 1.54) is 59.6 Å². The average molecular weight is 647 g/mol. The third kappa shape index (κ3) is 27.4. The first-order valence-corrected chi connectivity index (χ1v) is 17.5. The minimum absolute atomic E-state index is 0.208. The summed E-state index contributed by atoms with van der Waals surface area (Å²) in [5.41, 5.74) is 10.3. The van der Waals surface area contributed by atoms with Crippen molar-refractivity contribution in [2.45, 2.75) is 136 Å². The highest BCUT2D eigenvalue weighted by Crippen LogP contribution is 2.16. The SMILES string of the molecule is C=C(C)c1ccc(C)cc1.C=C/C=C(\N=C(C)C)Nc1ccc(F)c(C)c1.CC.CC/C(C)=C/C(C)=C(C)C.CCCC(C)CCC. The van der Waals surface area contributed by atoms with E-state index in [4.69, 9.17) is 0 Å². The first-order valence-electron chi connectivity index (χ1n) is 17.5. The van der Waals surface area contributed by atoms with Crippen LogP contribution in [0.5, 0.6) is 0 Å². The van der Waals surface area contributed by atoms with Crippen molar-refractivity contribution in [2.24, 2.45) is 10.9 Å². The van der Waals surface area contributed by atoms with Gasteiger partial charge in [0, 0.05) is 11.4 Å². The highest BCUT2D eigenvalue weighted by Gasteiger charge is 2.00. The van der Waals surface area contributed by atoms with Crippen LogP contribution < -0.4 is 5.32 Å². The highest BCUT2D eigenvalue weighted by molar-refractivity contribution is 5.80. The summed E-state index contributed by atoms with van der Waals surface area (Å²) in [5, 5.41) is 3.12. The van der Waals surface area contributed by atoms with E-state index >= 15 is 0 Å². The van der Waals surface area contributed by atoms with Gasteiger partial charge in [-0.25, -0.2) is 9.38 Å². The number of nitrogens with zero attached hydrogens (tertiary/aromatic N) is 1. The van der Waals surface area contributed by atoms with Gasteiger partial charge in [0.15, 0.2) is 0 Å². The molecule has 0 aliphatic heterocycles. The summed E-state index contributed by atoms with van der Waals surface area (Å²) in [6, 6.07) is 13.3. The molecule has 3 heteroatoms. The Morgan fingerprint density at radius 1 is 0.872 bits per heavy atom. The van der Waals surface area contributed by atoms with E-state index in [2.05, 4.69) is 116 Å². The smallest absolute Gasteiger partial charge is 0.130 e. The minimum atomic E-state index is -0.208. The normalized spacial score (nSPS) is 10.3. The molecule has 0 fully saturated rings. The molecule has 0 radical (unpaired) electrons. The number of rotatable bonds is 11. The van der Waals surface area contributed by atoms with E-state index < -0.39 is 0 Å². The number of anilines is 1. The van der Waals surface area contributed by atoms with Crippen LogP contribution in [0, 0.1) is 25.6 Å². The van der Waals surface area contributed by atoms with Crippen LogP contribution in [0.4, 0.5) is 10.1 Å². The molecule has 0 aliphatic rings. The van der Waals surface area contributed by atoms with E-state index in [1.807, 2.05) is 34.6 Å². The lowest BCUT2D eigenvalue weighted by atomic mass is 10.0. The lowest BCUT2D eigenvalue weighted by Gasteiger charge is -2.08. The molecule has 2 aromatic rings. The molecule has 1 N–H and O–H groups in total. The van der Waals surface area contributed by atoms with Gasteiger partial charge in [-0.1, -0.05) is 145 Å². The van der Waals surface area contributed by atoms with Gasteiger partial charge in [-0.2, -0.15) is 0 Å². The molecule has 264 valence electrons. The summed E-state index contributed by atoms with van der Waals surface area (Å²) < 4.78 is 13.1. The molecule has 0 aromatic heterocycles. The summed E-state index contributed by atoms with van der Waals surface area (Å²) in [6.45, 7) is 38.8. The summed E-state index contributed by atoms with van der Waals surface area (Å²) in [4.78, 5) is 4.32. The Bertz CT molecular complexity index is 1240. The number of aliphatic imine (C=N–C) groups is 1. The molecule has 0 spiro atoms. The average Bonchev–Trinajstić information content (AvgIpc) is 3.01. The van der Waals surface area contributed by atoms with Crippen LogP contribution >= 0.6 is 0 Å². The van der Waals surface area contributed by atoms with E-state index in [-0.39, 0.29) is 5.82 Å². The van der Waals surface area contributed by atoms with Crippen LogP contribution in [0.25, 0.3) is 5.57 Å². The quantitative estimate of drug-likeness (QED) is 0.191. The standard InChI is InChI=1S/C14H17FN2.C10H12.C10H18.C8H18.C2H6/c1-5-6-14(16-10(2)3)17-12-7-8-13(15)11(4)9-12;1-8(2)10-6-4-9(3)5-7-10;1-6-9(4)7-10(5)8(2)3;1-4-6-8(3)7-5-2;1-2/h5-9,17H,1H2,2-4H3;4-7H,1H2,2-3H3;7H,6H2,1-5H3;8H,4-7H2,1-3H3;1-2H3/b14-6+;;9-7+;;. The van der Waals surface area contributed by atoms with E-state index in [0.717, 1.165) is 29.3 Å². The van der Waals surface area contributed by atoms with Gasteiger partial charge in [0.05, 0.1) is 0 Å². The second kappa shape index (κ2) is 29.9. The zero-order valence-electron chi connectivity index (χ0n) is 33.1. The summed E-state index contributed by atoms with van der Waals surface area (Å²) in [7, 11) is 0. The Kier molecular flexibility index (Phi) is 30.5. The van der Waals surface area contributed by atoms with Crippen molar-refractivity contribution in [3.63, 3.8) is 0 Å². The fourth-order valence-electron chi connectivity index (χ4n) is 3.91. The lowest BCUT2D eigenvalue weighted by Crippen LogP contribution is -1.99. The van der Waals surface area contributed by atoms with Crippen LogP contribution in [0.2, 0.25) is 0 Å². The highest BCUT2D eigenvalue weighted by atomic mass is 19.1. The number of benzene rings is 2. The third-order valence-electron chi connectivity index (χ3n) is 6.97. The second-order valence-corrected chi connectivity index (χ2v) is 12.3. The first kappa shape index (κ1) is 47.9. The molecule has 0 amide bonds. The second-order valence-electron chi connectivity index (χ2n) is 12.3. The van der Waals surface area contributed by atoms with Gasteiger partial charge >= 0.3 is 0 Å². The lowest BCUT2D eigenvalue weighted by molar-refractivity contribution is 0.480. The first-order chi connectivity index (χ1) is 22.1. The van der Waals surface area contributed by atoms with E-state index in [9.17, 15) is 4.39 Å². The monoisotopic (exact) mass is 647 g/mol. The Balaban J connectivity index is -0.000000564. The molecule has 0 heterocycles. The number of nitrogens with one attached hydrogen (secondary N) is 1. The Morgan fingerprint density at radius 3 is 1.79 bits per heavy atom. The van der Waals surface area contributed by atoms with E-state index in [1.54, 1.807) is 31.2 Å². The van der Waals surface area contributed by atoms with E-state index in [0.29, 0.717) is 11.4 Å². The predicted molar refractivity (Wildman–Crippen MR) is 216 cm³/mol. The molecule has 0 bridgehead atoms. The van der Waals surface area contributed by atoms with Crippen molar-refractivity contribution < 1.29 is 4.39 Å². The summed E-state index contributed by atoms with van der Waals surface area (Å²) >= 11 is 0. The maximum Gasteiger partial charge on any atom is 0.130 e. The molecule has 2 aromatic carbocycles. The molecule has 0 aliphatic carbocycles. The number of hydrogen-bond acceptors (Lipinski definition) is 2. The molecular formula is C44H71FN2. The van der Waals surface area contributed by atoms with Gasteiger partial charge in [0.1, 0.15) is 11.6 Å². The number of aryl methyl sites for hydroxylation is 2. The third-order valence-corrected chi connectivity index (χ3v) is 6.97. The fourth-order valence-corrected chi connectivity index (χ4v) is 3.91. The van der Waals surface area contributed by atoms with Crippen LogP contribution in [0.1, 0.15) is 139 Å². The maximum atomic E-state index is 13.1. The van der Waals surface area contributed by atoms with Crippen molar-refractivity contribution in [1.29, 1.82) is 0 Å². The topological polar surface area (TPSA) is 24.4 Å². The molecule has 0 unspecified atom stereocenters. The molecule has 47 heavy (non-hydrogen) atoms. The van der Waals surface area contributed by atoms with Crippen LogP contribution in [-0.4, -0.2) is 5.71 Å². The van der Waals surface area contributed by atoms with Crippen LogP contribution in [0.15, 0.2) is 101 Å². The van der Waals surface area contributed by atoms with Crippen molar-refractivity contribution >= 4 is 17.0 Å². The zero-order chi connectivity index (χ0) is 36.9. The fraction of sp³-hybridized carbons (Fsp3) is 0.477. The Morgan fingerprint density at radius 2 is 1.40 bits per heavy atom. The largest absolute Gasteiger partial charge is 0.340 e. The van der Waals surface area contributed by atoms with Gasteiger partial charge in [-0.05, 0) is 110 Å². The van der Waals surface area contributed by atoms with Gasteiger partial charge in [0.2, 0.25) is 0 Å². The van der Waals surface area contributed by atoms with Crippen molar-refractivity contribution in [2.75, 3.05) is 5.32 Å². The van der Waals surface area contributed by atoms with Crippen LogP contribution in [0.3, 0.4) is 0 Å². The van der Waals surface area contributed by atoms with Crippen molar-refractivity contribution in [3.8, 4) is 0 Å². The van der Waals surface area contributed by atoms with Crippen LogP contribution in [-0.2, 0) is 0 Å². The van der Waals surface area contributed by atoms with Crippen molar-refractivity contribution in [1.82, 2.24) is 0 Å². The Labute approximate surface area is 291 Å². The van der Waals surface area contributed by atoms with Gasteiger partial charge in [-0.15, -0.1) is 0 Å². The summed E-state index contributed by atoms with van der Waals surface area (Å²) in [5.74, 6) is 1.44. The Hall–Kier alpha value is -3.46. The molecule has 2 nitrogen and oxygen atoms in total. The zero-order valence-corrected chi connectivity index (χ0v) is 33.1. The molecule has 2 rings (SSSR count). The maximum absolute atomic E-state index is 13.1. The molecule has 0 saturated carbocycles. The molecular weight excluding hydrogens is 575 g/mol. The van der Waals surface area contributed by atoms with Gasteiger partial charge in [-0.3, -0.25) is 0 Å². The van der Waals surface area contributed by atoms with Gasteiger partial charge < -0.3 is 5.32 Å². The van der Waals surface area contributed by atoms with Crippen molar-refractivity contribution in [3.05, 3.63) is 119 Å². The number of allylic oxidation sites excluding steroid dienone is 7. The minimum Gasteiger partial charge on any atom is -0.340 e. The molecule has 0 saturated heterocycles. The number of halogens is 1. The number of hydrogen-bond donors (Lipinski definition) is 1.